The highest BCUT2D eigenvalue weighted by Gasteiger charge is 2.22. The molecule has 25 heavy (non-hydrogen) atoms. The number of hydrogen-bond acceptors (Lipinski definition) is 4. The zero-order valence-corrected chi connectivity index (χ0v) is 15.0. The molecule has 5 nitrogen and oxygen atoms in total. The van der Waals surface area contributed by atoms with Gasteiger partial charge in [0.1, 0.15) is 0 Å². The molecule has 132 valence electrons. The van der Waals surface area contributed by atoms with Crippen LogP contribution in [-0.2, 0) is 4.79 Å². The van der Waals surface area contributed by atoms with Gasteiger partial charge >= 0.3 is 0 Å². The Morgan fingerprint density at radius 1 is 0.960 bits per heavy atom. The van der Waals surface area contributed by atoms with E-state index in [0.29, 0.717) is 6.54 Å². The van der Waals surface area contributed by atoms with Crippen LogP contribution in [0.3, 0.4) is 0 Å². The van der Waals surface area contributed by atoms with Crippen molar-refractivity contribution in [1.82, 2.24) is 9.80 Å². The maximum atomic E-state index is 13.1. The molecule has 5 heteroatoms. The molecule has 0 radical (unpaired) electrons. The van der Waals surface area contributed by atoms with Gasteiger partial charge in [-0.25, -0.2) is 0 Å². The molecule has 1 heterocycles. The third-order valence-corrected chi connectivity index (χ3v) is 4.63. The van der Waals surface area contributed by atoms with Crippen molar-refractivity contribution in [2.24, 2.45) is 0 Å². The quantitative estimate of drug-likeness (QED) is 0.910. The Morgan fingerprint density at radius 3 is 2.16 bits per heavy atom. The number of carbonyl (C=O) groups excluding carboxylic acids is 1. The van der Waals surface area contributed by atoms with E-state index in [1.165, 1.54) is 0 Å². The van der Waals surface area contributed by atoms with Gasteiger partial charge in [0.05, 0.1) is 6.54 Å². The second-order valence-corrected chi connectivity index (χ2v) is 6.44. The number of carbonyl (C=O) groups is 1. The van der Waals surface area contributed by atoms with Gasteiger partial charge < -0.3 is 10.2 Å². The molecule has 1 aliphatic rings. The van der Waals surface area contributed by atoms with E-state index < -0.39 is 0 Å². The number of rotatable bonds is 5. The maximum Gasteiger partial charge on any atom is 0.245 e. The molecular weight excluding hydrogens is 312 g/mol. The SMILES string of the molecule is CNc1ccc(N(C(=O)CN2CCN(C)CC2)c2ccccc2)cc1. The number of likely N-dealkylation sites (N-methyl/N-ethyl adjacent to an activating group) is 1. The second kappa shape index (κ2) is 8.14. The van der Waals surface area contributed by atoms with Gasteiger partial charge in [-0.1, -0.05) is 18.2 Å². The normalized spacial score (nSPS) is 15.8. The first-order valence-corrected chi connectivity index (χ1v) is 8.74. The first-order chi connectivity index (χ1) is 12.2. The zero-order chi connectivity index (χ0) is 17.6. The van der Waals surface area contributed by atoms with Crippen molar-refractivity contribution in [2.45, 2.75) is 0 Å². The third-order valence-electron chi connectivity index (χ3n) is 4.63. The zero-order valence-electron chi connectivity index (χ0n) is 15.0. The lowest BCUT2D eigenvalue weighted by molar-refractivity contribution is -0.119. The van der Waals surface area contributed by atoms with Gasteiger partial charge in [0, 0.05) is 50.3 Å². The number of amides is 1. The van der Waals surface area contributed by atoms with Crippen LogP contribution in [0.15, 0.2) is 54.6 Å². The van der Waals surface area contributed by atoms with Crippen molar-refractivity contribution < 1.29 is 4.79 Å². The molecule has 1 fully saturated rings. The molecule has 1 saturated heterocycles. The molecule has 0 spiro atoms. The van der Waals surface area contributed by atoms with Crippen molar-refractivity contribution in [3.63, 3.8) is 0 Å². The van der Waals surface area contributed by atoms with E-state index >= 15 is 0 Å². The Morgan fingerprint density at radius 2 is 1.56 bits per heavy atom. The van der Waals surface area contributed by atoms with Crippen LogP contribution >= 0.6 is 0 Å². The van der Waals surface area contributed by atoms with Crippen molar-refractivity contribution in [1.29, 1.82) is 0 Å². The van der Waals surface area contributed by atoms with Crippen LogP contribution in [0.25, 0.3) is 0 Å². The molecule has 0 aliphatic carbocycles. The van der Waals surface area contributed by atoms with Gasteiger partial charge in [-0.05, 0) is 43.4 Å². The molecule has 0 unspecified atom stereocenters. The van der Waals surface area contributed by atoms with Gasteiger partial charge in [-0.15, -0.1) is 0 Å². The lowest BCUT2D eigenvalue weighted by Crippen LogP contribution is -2.48. The summed E-state index contributed by atoms with van der Waals surface area (Å²) in [6.07, 6.45) is 0. The predicted octanol–water partition coefficient (Wildman–Crippen LogP) is 2.64. The summed E-state index contributed by atoms with van der Waals surface area (Å²) in [5.74, 6) is 0.105. The van der Waals surface area contributed by atoms with Crippen molar-refractivity contribution >= 4 is 23.0 Å². The Kier molecular flexibility index (Phi) is 5.68. The van der Waals surface area contributed by atoms with Crippen molar-refractivity contribution in [2.75, 3.05) is 57.0 Å². The Bertz CT molecular complexity index is 679. The summed E-state index contributed by atoms with van der Waals surface area (Å²) in [6, 6.07) is 17.8. The summed E-state index contributed by atoms with van der Waals surface area (Å²) in [7, 11) is 4.02. The lowest BCUT2D eigenvalue weighted by atomic mass is 10.2. The number of anilines is 3. The van der Waals surface area contributed by atoms with E-state index in [-0.39, 0.29) is 5.91 Å². The Hall–Kier alpha value is -2.37. The molecule has 1 N–H and O–H groups in total. The molecule has 2 aromatic rings. The van der Waals surface area contributed by atoms with Crippen molar-refractivity contribution in [3.05, 3.63) is 54.6 Å². The fourth-order valence-electron chi connectivity index (χ4n) is 3.06. The van der Waals surface area contributed by atoms with Crippen molar-refractivity contribution in [3.8, 4) is 0 Å². The Labute approximate surface area is 149 Å². The summed E-state index contributed by atoms with van der Waals surface area (Å²) in [6.45, 7) is 4.33. The summed E-state index contributed by atoms with van der Waals surface area (Å²) >= 11 is 0. The van der Waals surface area contributed by atoms with Gasteiger partial charge in [0.25, 0.3) is 0 Å². The third kappa shape index (κ3) is 4.38. The van der Waals surface area contributed by atoms with Crippen LogP contribution in [-0.4, -0.2) is 62.5 Å². The number of benzene rings is 2. The summed E-state index contributed by atoms with van der Waals surface area (Å²) in [5, 5.41) is 3.12. The predicted molar refractivity (Wildman–Crippen MR) is 104 cm³/mol. The Balaban J connectivity index is 1.81. The van der Waals surface area contributed by atoms with E-state index in [9.17, 15) is 4.79 Å². The first-order valence-electron chi connectivity index (χ1n) is 8.74. The highest BCUT2D eigenvalue weighted by molar-refractivity contribution is 6.01. The number of nitrogens with zero attached hydrogens (tertiary/aromatic N) is 3. The number of hydrogen-bond donors (Lipinski definition) is 1. The smallest absolute Gasteiger partial charge is 0.245 e. The molecule has 1 aliphatic heterocycles. The van der Waals surface area contributed by atoms with Crippen LogP contribution in [0, 0.1) is 0 Å². The van der Waals surface area contributed by atoms with Gasteiger partial charge in [-0.3, -0.25) is 14.6 Å². The largest absolute Gasteiger partial charge is 0.388 e. The topological polar surface area (TPSA) is 38.8 Å². The molecule has 0 atom stereocenters. The number of nitrogens with one attached hydrogen (secondary N) is 1. The first kappa shape index (κ1) is 17.5. The number of piperazine rings is 1. The maximum absolute atomic E-state index is 13.1. The van der Waals surface area contributed by atoms with Crippen LogP contribution in [0.2, 0.25) is 0 Å². The summed E-state index contributed by atoms with van der Waals surface area (Å²) in [5.41, 5.74) is 2.83. The van der Waals surface area contributed by atoms with Crippen LogP contribution in [0.1, 0.15) is 0 Å². The summed E-state index contributed by atoms with van der Waals surface area (Å²) < 4.78 is 0. The average Bonchev–Trinajstić information content (AvgIpc) is 2.65. The fourth-order valence-corrected chi connectivity index (χ4v) is 3.06. The summed E-state index contributed by atoms with van der Waals surface area (Å²) in [4.78, 5) is 19.5. The standard InChI is InChI=1S/C20H26N4O/c1-21-17-8-10-19(11-9-17)24(18-6-4-3-5-7-18)20(25)16-23-14-12-22(2)13-15-23/h3-11,21H,12-16H2,1-2H3. The number of para-hydroxylation sites is 1. The minimum Gasteiger partial charge on any atom is -0.388 e. The van der Waals surface area contributed by atoms with E-state index in [1.807, 2.05) is 66.5 Å². The molecule has 1 amide bonds. The van der Waals surface area contributed by atoms with Crippen LogP contribution in [0.5, 0.6) is 0 Å². The van der Waals surface area contributed by atoms with E-state index in [4.69, 9.17) is 0 Å². The molecule has 2 aromatic carbocycles. The van der Waals surface area contributed by atoms with E-state index in [2.05, 4.69) is 22.2 Å². The van der Waals surface area contributed by atoms with Gasteiger partial charge in [-0.2, -0.15) is 0 Å². The molecule has 3 rings (SSSR count). The van der Waals surface area contributed by atoms with Gasteiger partial charge in [0.2, 0.25) is 5.91 Å². The van der Waals surface area contributed by atoms with Gasteiger partial charge in [0.15, 0.2) is 0 Å². The minimum atomic E-state index is 0.105. The molecule has 0 saturated carbocycles. The second-order valence-electron chi connectivity index (χ2n) is 6.44. The minimum absolute atomic E-state index is 0.105. The highest BCUT2D eigenvalue weighted by atomic mass is 16.2. The molecule has 0 aromatic heterocycles. The molecular formula is C20H26N4O. The monoisotopic (exact) mass is 338 g/mol. The molecule has 0 bridgehead atoms. The van der Waals surface area contributed by atoms with E-state index in [0.717, 1.165) is 43.2 Å². The van der Waals surface area contributed by atoms with E-state index in [1.54, 1.807) is 0 Å². The van der Waals surface area contributed by atoms with Crippen LogP contribution < -0.4 is 10.2 Å². The lowest BCUT2D eigenvalue weighted by Gasteiger charge is -2.33. The van der Waals surface area contributed by atoms with Crippen LogP contribution in [0.4, 0.5) is 17.1 Å². The average molecular weight is 338 g/mol. The highest BCUT2D eigenvalue weighted by Crippen LogP contribution is 2.27. The fraction of sp³-hybridized carbons (Fsp3) is 0.350.